The number of quaternary nitrogens is 1. The highest BCUT2D eigenvalue weighted by Crippen LogP contribution is 2.08. The zero-order chi connectivity index (χ0) is 13.7. The molecule has 0 fully saturated rings. The minimum atomic E-state index is -0.256. The van der Waals surface area contributed by atoms with Crippen LogP contribution in [0.15, 0.2) is 36.7 Å². The van der Waals surface area contributed by atoms with E-state index in [-0.39, 0.29) is 23.0 Å². The van der Waals surface area contributed by atoms with Gasteiger partial charge in [-0.05, 0) is 25.5 Å². The lowest BCUT2D eigenvalue weighted by atomic mass is 10.2. The van der Waals surface area contributed by atoms with Crippen molar-refractivity contribution in [1.29, 1.82) is 0 Å². The standard InChI is InChI=1S/C15H20N2O2.BrH/c1-3-9-16-10-11-17(12-16)14-7-5-13(6-8-14)15(18)19-4-2;/h5-8,10-11H,3-4,9,12H2,1-2H3;1H. The highest BCUT2D eigenvalue weighted by molar-refractivity contribution is 5.89. The average molecular weight is 341 g/mol. The third-order valence-electron chi connectivity index (χ3n) is 3.14. The highest BCUT2D eigenvalue weighted by atomic mass is 79.9. The maximum Gasteiger partial charge on any atom is 0.338 e. The summed E-state index contributed by atoms with van der Waals surface area (Å²) in [7, 11) is 0. The lowest BCUT2D eigenvalue weighted by molar-refractivity contribution is -0.777. The second-order valence-electron chi connectivity index (χ2n) is 4.61. The van der Waals surface area contributed by atoms with Crippen LogP contribution in [0.5, 0.6) is 0 Å². The molecule has 0 bridgehead atoms. The number of carbonyl (C=O) groups excluding carboxylic acids is 1. The van der Waals surface area contributed by atoms with Gasteiger partial charge in [0.25, 0.3) is 0 Å². The molecule has 0 aromatic heterocycles. The van der Waals surface area contributed by atoms with Crippen LogP contribution >= 0.6 is 0 Å². The van der Waals surface area contributed by atoms with Gasteiger partial charge in [0.1, 0.15) is 11.9 Å². The Hall–Kier alpha value is -1.33. The van der Waals surface area contributed by atoms with Crippen LogP contribution in [0.4, 0.5) is 5.69 Å². The molecule has 1 atom stereocenters. The van der Waals surface area contributed by atoms with Crippen LogP contribution in [0.3, 0.4) is 0 Å². The van der Waals surface area contributed by atoms with E-state index in [0.29, 0.717) is 12.2 Å². The first-order chi connectivity index (χ1) is 9.24. The number of hydrogen-bond donors (Lipinski definition) is 1. The lowest BCUT2D eigenvalue weighted by Gasteiger charge is -2.15. The molecule has 1 aromatic carbocycles. The number of ether oxygens (including phenoxy) is 1. The number of carbonyl (C=O) groups is 1. The van der Waals surface area contributed by atoms with E-state index in [0.717, 1.165) is 19.6 Å². The Labute approximate surface area is 130 Å². The summed E-state index contributed by atoms with van der Waals surface area (Å²) in [6, 6.07) is 7.63. The normalized spacial score (nSPS) is 16.9. The SMILES string of the molecule is CCCN1C=C[NH+](c2ccc(C(=O)OCC)cc2)C1.[Br-]. The van der Waals surface area contributed by atoms with Crippen molar-refractivity contribution in [2.45, 2.75) is 20.3 Å². The van der Waals surface area contributed by atoms with E-state index >= 15 is 0 Å². The monoisotopic (exact) mass is 340 g/mol. The van der Waals surface area contributed by atoms with Gasteiger partial charge in [0.15, 0.2) is 6.67 Å². The molecule has 2 rings (SSSR count). The van der Waals surface area contributed by atoms with Crippen molar-refractivity contribution in [2.75, 3.05) is 19.8 Å². The van der Waals surface area contributed by atoms with Crippen molar-refractivity contribution in [3.05, 3.63) is 42.2 Å². The number of nitrogens with one attached hydrogen (secondary N) is 1. The van der Waals surface area contributed by atoms with E-state index in [1.54, 1.807) is 0 Å². The second-order valence-corrected chi connectivity index (χ2v) is 4.61. The molecule has 4 nitrogen and oxygen atoms in total. The lowest BCUT2D eigenvalue weighted by Crippen LogP contribution is -3.02. The summed E-state index contributed by atoms with van der Waals surface area (Å²) in [5.41, 5.74) is 1.78. The molecule has 0 saturated heterocycles. The van der Waals surface area contributed by atoms with Crippen LogP contribution in [0.25, 0.3) is 0 Å². The van der Waals surface area contributed by atoms with Crippen molar-refractivity contribution >= 4 is 11.7 Å². The van der Waals surface area contributed by atoms with E-state index in [1.807, 2.05) is 31.2 Å². The molecular weight excluding hydrogens is 320 g/mol. The van der Waals surface area contributed by atoms with Gasteiger partial charge < -0.3 is 26.6 Å². The first kappa shape index (κ1) is 16.7. The number of esters is 1. The summed E-state index contributed by atoms with van der Waals surface area (Å²) in [6.45, 7) is 6.44. The van der Waals surface area contributed by atoms with E-state index in [2.05, 4.69) is 24.2 Å². The third-order valence-corrected chi connectivity index (χ3v) is 3.14. The van der Waals surface area contributed by atoms with Gasteiger partial charge in [0.05, 0.1) is 18.4 Å². The molecule has 1 N–H and O–H groups in total. The summed E-state index contributed by atoms with van der Waals surface area (Å²) in [5, 5.41) is 0. The van der Waals surface area contributed by atoms with Crippen LogP contribution in [0, 0.1) is 0 Å². The predicted molar refractivity (Wildman–Crippen MR) is 74.0 cm³/mol. The van der Waals surface area contributed by atoms with Crippen molar-refractivity contribution in [1.82, 2.24) is 4.90 Å². The van der Waals surface area contributed by atoms with Gasteiger partial charge in [-0.2, -0.15) is 0 Å². The van der Waals surface area contributed by atoms with Gasteiger partial charge in [-0.25, -0.2) is 4.79 Å². The Kier molecular flexibility index (Phi) is 6.75. The third kappa shape index (κ3) is 4.08. The van der Waals surface area contributed by atoms with E-state index < -0.39 is 0 Å². The van der Waals surface area contributed by atoms with Crippen molar-refractivity contribution < 1.29 is 31.4 Å². The van der Waals surface area contributed by atoms with Crippen LogP contribution in [-0.2, 0) is 4.74 Å². The highest BCUT2D eigenvalue weighted by Gasteiger charge is 2.18. The fourth-order valence-electron chi connectivity index (χ4n) is 2.18. The molecule has 110 valence electrons. The zero-order valence-corrected chi connectivity index (χ0v) is 13.5. The summed E-state index contributed by atoms with van der Waals surface area (Å²) in [5.74, 6) is -0.256. The fourth-order valence-corrected chi connectivity index (χ4v) is 2.18. The van der Waals surface area contributed by atoms with Gasteiger partial charge in [0, 0.05) is 18.7 Å². The summed E-state index contributed by atoms with van der Waals surface area (Å²) in [6.07, 6.45) is 5.44. The molecular formula is C15H21BrN2O2. The first-order valence-corrected chi connectivity index (χ1v) is 6.80. The Bertz CT molecular complexity index is 459. The molecule has 1 heterocycles. The molecule has 0 amide bonds. The van der Waals surface area contributed by atoms with E-state index in [1.165, 1.54) is 10.6 Å². The average Bonchev–Trinajstić information content (AvgIpc) is 2.88. The minimum absolute atomic E-state index is 0. The number of nitrogens with zero attached hydrogens (tertiary/aromatic N) is 1. The number of benzene rings is 1. The maximum absolute atomic E-state index is 11.6. The van der Waals surface area contributed by atoms with Gasteiger partial charge in [-0.15, -0.1) is 0 Å². The maximum atomic E-state index is 11.6. The van der Waals surface area contributed by atoms with Crippen molar-refractivity contribution in [2.24, 2.45) is 0 Å². The molecule has 1 aliphatic rings. The molecule has 1 unspecified atom stereocenters. The summed E-state index contributed by atoms with van der Waals surface area (Å²) >= 11 is 0. The number of hydrogen-bond acceptors (Lipinski definition) is 3. The molecule has 1 aliphatic heterocycles. The van der Waals surface area contributed by atoms with Crippen LogP contribution < -0.4 is 21.9 Å². The topological polar surface area (TPSA) is 34.0 Å². The molecule has 0 aliphatic carbocycles. The van der Waals surface area contributed by atoms with Crippen molar-refractivity contribution in [3.8, 4) is 0 Å². The van der Waals surface area contributed by atoms with E-state index in [4.69, 9.17) is 4.74 Å². The summed E-state index contributed by atoms with van der Waals surface area (Å²) < 4.78 is 4.97. The Morgan fingerprint density at radius 1 is 1.30 bits per heavy atom. The molecule has 0 saturated carbocycles. The first-order valence-electron chi connectivity index (χ1n) is 6.80. The quantitative estimate of drug-likeness (QED) is 0.665. The number of halogens is 1. The van der Waals surface area contributed by atoms with Crippen LogP contribution in [0.1, 0.15) is 30.6 Å². The van der Waals surface area contributed by atoms with Crippen LogP contribution in [0.2, 0.25) is 0 Å². The van der Waals surface area contributed by atoms with Crippen LogP contribution in [-0.4, -0.2) is 30.7 Å². The molecule has 0 spiro atoms. The fraction of sp³-hybridized carbons (Fsp3) is 0.400. The molecule has 20 heavy (non-hydrogen) atoms. The Morgan fingerprint density at radius 3 is 2.60 bits per heavy atom. The van der Waals surface area contributed by atoms with Gasteiger partial charge in [-0.3, -0.25) is 4.90 Å². The van der Waals surface area contributed by atoms with Gasteiger partial charge in [0.2, 0.25) is 0 Å². The second kappa shape index (κ2) is 8.07. The van der Waals surface area contributed by atoms with Gasteiger partial charge >= 0.3 is 5.97 Å². The molecule has 5 heteroatoms. The Balaban J connectivity index is 0.00000200. The predicted octanol–water partition coefficient (Wildman–Crippen LogP) is -1.46. The molecule has 1 aromatic rings. The summed E-state index contributed by atoms with van der Waals surface area (Å²) in [4.78, 5) is 15.2. The minimum Gasteiger partial charge on any atom is -1.00 e. The smallest absolute Gasteiger partial charge is 0.338 e. The van der Waals surface area contributed by atoms with E-state index in [9.17, 15) is 4.79 Å². The van der Waals surface area contributed by atoms with Crippen molar-refractivity contribution in [3.63, 3.8) is 0 Å². The molecule has 0 radical (unpaired) electrons. The zero-order valence-electron chi connectivity index (χ0n) is 11.9. The Morgan fingerprint density at radius 2 is 2.00 bits per heavy atom. The van der Waals surface area contributed by atoms with Gasteiger partial charge in [-0.1, -0.05) is 6.92 Å². The largest absolute Gasteiger partial charge is 1.00 e. The number of rotatable bonds is 5.